The van der Waals surface area contributed by atoms with Crippen molar-refractivity contribution < 1.29 is 19.0 Å². The number of fused-ring (bicyclic) bond motifs is 1. The Morgan fingerprint density at radius 1 is 1.14 bits per heavy atom. The molecule has 0 unspecified atom stereocenters. The third-order valence-corrected chi connectivity index (χ3v) is 7.72. The zero-order valence-electron chi connectivity index (χ0n) is 25.6. The van der Waals surface area contributed by atoms with Gasteiger partial charge in [-0.25, -0.2) is 9.78 Å². The van der Waals surface area contributed by atoms with Gasteiger partial charge in [0, 0.05) is 44.5 Å². The van der Waals surface area contributed by atoms with E-state index in [4.69, 9.17) is 19.9 Å². The third-order valence-electron chi connectivity index (χ3n) is 7.72. The van der Waals surface area contributed by atoms with Crippen LogP contribution in [0.2, 0.25) is 0 Å². The number of hydrogen-bond donors (Lipinski definition) is 2. The zero-order chi connectivity index (χ0) is 29.9. The number of nitrogens with one attached hydrogen (secondary N) is 1. The van der Waals surface area contributed by atoms with Crippen LogP contribution in [0, 0.1) is 0 Å². The summed E-state index contributed by atoms with van der Waals surface area (Å²) < 4.78 is 19.7. The van der Waals surface area contributed by atoms with Gasteiger partial charge in [0.25, 0.3) is 0 Å². The lowest BCUT2D eigenvalue weighted by atomic mass is 9.91. The number of likely N-dealkylation sites (tertiary alicyclic amines) is 1. The summed E-state index contributed by atoms with van der Waals surface area (Å²) in [6.45, 7) is 13.3. The number of carbonyl (C=O) groups excluding carboxylic acids is 1. The Hall–Kier alpha value is -3.57. The molecular formula is C31H45N7O4. The number of amides is 1. The van der Waals surface area contributed by atoms with Crippen LogP contribution in [-0.2, 0) is 22.6 Å². The van der Waals surface area contributed by atoms with Gasteiger partial charge in [0.2, 0.25) is 5.95 Å². The fourth-order valence-corrected chi connectivity index (χ4v) is 5.82. The van der Waals surface area contributed by atoms with Gasteiger partial charge < -0.3 is 34.7 Å². The van der Waals surface area contributed by atoms with E-state index in [1.807, 2.05) is 33.0 Å². The highest BCUT2D eigenvalue weighted by molar-refractivity contribution is 5.87. The van der Waals surface area contributed by atoms with Crippen molar-refractivity contribution >= 4 is 28.9 Å². The molecule has 1 amide bonds. The molecule has 4 heterocycles. The Bertz CT molecular complexity index is 1390. The fourth-order valence-electron chi connectivity index (χ4n) is 5.82. The van der Waals surface area contributed by atoms with Gasteiger partial charge in [0.1, 0.15) is 22.5 Å². The van der Waals surface area contributed by atoms with Crippen molar-refractivity contribution in [3.63, 3.8) is 0 Å². The Morgan fingerprint density at radius 3 is 2.69 bits per heavy atom. The number of rotatable bonds is 10. The van der Waals surface area contributed by atoms with Crippen molar-refractivity contribution in [2.24, 2.45) is 0 Å². The van der Waals surface area contributed by atoms with Crippen molar-refractivity contribution in [3.8, 4) is 5.75 Å². The summed E-state index contributed by atoms with van der Waals surface area (Å²) in [5.74, 6) is 1.86. The number of ether oxygens (including phenoxy) is 3. The maximum Gasteiger partial charge on any atom is 0.410 e. The number of morpholine rings is 1. The van der Waals surface area contributed by atoms with E-state index in [1.54, 1.807) is 12.0 Å². The van der Waals surface area contributed by atoms with Gasteiger partial charge in [0.05, 0.1) is 32.3 Å². The maximum absolute atomic E-state index is 12.6. The van der Waals surface area contributed by atoms with Gasteiger partial charge >= 0.3 is 6.09 Å². The first-order valence-electron chi connectivity index (χ1n) is 14.9. The molecule has 2 saturated heterocycles. The van der Waals surface area contributed by atoms with E-state index in [0.29, 0.717) is 26.2 Å². The van der Waals surface area contributed by atoms with Gasteiger partial charge in [-0.05, 0) is 44.9 Å². The summed E-state index contributed by atoms with van der Waals surface area (Å²) in [4.78, 5) is 25.7. The lowest BCUT2D eigenvalue weighted by Crippen LogP contribution is -2.70. The van der Waals surface area contributed by atoms with E-state index in [9.17, 15) is 4.79 Å². The average molecular weight is 580 g/mol. The van der Waals surface area contributed by atoms with Crippen molar-refractivity contribution in [3.05, 3.63) is 41.6 Å². The molecule has 2 aliphatic heterocycles. The first kappa shape index (κ1) is 29.9. The summed E-state index contributed by atoms with van der Waals surface area (Å²) >= 11 is 0. The smallest absolute Gasteiger partial charge is 0.410 e. The largest absolute Gasteiger partial charge is 0.496 e. The van der Waals surface area contributed by atoms with E-state index in [1.165, 1.54) is 0 Å². The molecule has 0 radical (unpaired) electrons. The number of nitrogen functional groups attached to an aromatic ring is 1. The normalized spacial score (nSPS) is 16.9. The van der Waals surface area contributed by atoms with Crippen LogP contribution in [-0.4, -0.2) is 88.1 Å². The highest BCUT2D eigenvalue weighted by Crippen LogP contribution is 2.33. The monoisotopic (exact) mass is 579 g/mol. The minimum absolute atomic E-state index is 0.268. The van der Waals surface area contributed by atoms with Crippen LogP contribution in [0.25, 0.3) is 11.0 Å². The maximum atomic E-state index is 12.6. The SMILES string of the molecule is CCCCCNc1nc(N)nc2ccn(Cc3ccc(CN4CC5(C4)CN(C(=O)OC(C)(C)C)CCO5)cc3OC)c12. The minimum atomic E-state index is -0.511. The first-order valence-corrected chi connectivity index (χ1v) is 14.9. The van der Waals surface area contributed by atoms with E-state index in [0.717, 1.165) is 79.2 Å². The Labute approximate surface area is 248 Å². The summed E-state index contributed by atoms with van der Waals surface area (Å²) in [6, 6.07) is 8.37. The number of unbranched alkanes of at least 4 members (excludes halogenated alkanes) is 2. The molecule has 0 atom stereocenters. The second kappa shape index (κ2) is 12.3. The van der Waals surface area contributed by atoms with Crippen LogP contribution in [0.5, 0.6) is 5.75 Å². The van der Waals surface area contributed by atoms with E-state index in [-0.39, 0.29) is 17.6 Å². The zero-order valence-corrected chi connectivity index (χ0v) is 25.6. The van der Waals surface area contributed by atoms with Crippen LogP contribution in [0.15, 0.2) is 30.5 Å². The van der Waals surface area contributed by atoms with Crippen molar-refractivity contribution in [1.29, 1.82) is 0 Å². The summed E-state index contributed by atoms with van der Waals surface area (Å²) in [5, 5.41) is 3.46. The van der Waals surface area contributed by atoms with Crippen molar-refractivity contribution in [1.82, 2.24) is 24.3 Å². The van der Waals surface area contributed by atoms with Gasteiger partial charge in [-0.2, -0.15) is 4.98 Å². The molecule has 1 spiro atoms. The summed E-state index contributed by atoms with van der Waals surface area (Å²) in [5.41, 5.74) is 9.14. The predicted octanol–water partition coefficient (Wildman–Crippen LogP) is 4.49. The molecule has 11 heteroatoms. The number of aromatic nitrogens is 3. The average Bonchev–Trinajstić information content (AvgIpc) is 3.32. The molecule has 3 N–H and O–H groups in total. The number of methoxy groups -OCH3 is 1. The number of nitrogens with two attached hydrogens (primary N) is 1. The molecule has 0 aliphatic carbocycles. The molecular weight excluding hydrogens is 534 g/mol. The van der Waals surface area contributed by atoms with Gasteiger partial charge in [0.15, 0.2) is 5.82 Å². The summed E-state index contributed by atoms with van der Waals surface area (Å²) in [7, 11) is 1.71. The highest BCUT2D eigenvalue weighted by atomic mass is 16.6. The molecule has 0 bridgehead atoms. The topological polar surface area (TPSA) is 120 Å². The second-order valence-corrected chi connectivity index (χ2v) is 12.5. The number of benzene rings is 1. The second-order valence-electron chi connectivity index (χ2n) is 12.5. The molecule has 0 saturated carbocycles. The summed E-state index contributed by atoms with van der Waals surface area (Å²) in [6.07, 6.45) is 5.15. The standard InChI is InChI=1S/C31H45N7O4/c1-6-7-8-12-33-27-26-24(34-28(32)35-27)11-13-37(26)18-23-10-9-22(16-25(23)40-5)17-36-19-31(20-36)21-38(14-15-41-31)29(39)42-30(2,3)4/h9-11,13,16H,6-8,12,14-15,17-21H2,1-5H3,(H3,32,33,34,35). The Balaban J connectivity index is 1.23. The van der Waals surface area contributed by atoms with E-state index >= 15 is 0 Å². The molecule has 1 aromatic carbocycles. The van der Waals surface area contributed by atoms with Crippen molar-refractivity contribution in [2.75, 3.05) is 57.5 Å². The number of anilines is 2. The van der Waals surface area contributed by atoms with Crippen molar-refractivity contribution in [2.45, 2.75) is 71.2 Å². The van der Waals surface area contributed by atoms with E-state index < -0.39 is 5.60 Å². The molecule has 2 fully saturated rings. The molecule has 3 aromatic rings. The third kappa shape index (κ3) is 6.90. The fraction of sp³-hybridized carbons (Fsp3) is 0.581. The molecule has 11 nitrogen and oxygen atoms in total. The predicted molar refractivity (Wildman–Crippen MR) is 164 cm³/mol. The number of hydrogen-bond acceptors (Lipinski definition) is 9. The quantitative estimate of drug-likeness (QED) is 0.335. The van der Waals surface area contributed by atoms with Crippen LogP contribution in [0.1, 0.15) is 58.1 Å². The van der Waals surface area contributed by atoms with E-state index in [2.05, 4.69) is 49.9 Å². The lowest BCUT2D eigenvalue weighted by Gasteiger charge is -2.53. The first-order chi connectivity index (χ1) is 20.1. The van der Waals surface area contributed by atoms with Crippen LogP contribution < -0.4 is 15.8 Å². The molecule has 42 heavy (non-hydrogen) atoms. The minimum Gasteiger partial charge on any atom is -0.496 e. The Morgan fingerprint density at radius 2 is 1.95 bits per heavy atom. The molecule has 2 aromatic heterocycles. The lowest BCUT2D eigenvalue weighted by molar-refractivity contribution is -0.182. The number of nitrogens with zero attached hydrogens (tertiary/aromatic N) is 5. The molecule has 2 aliphatic rings. The molecule has 228 valence electrons. The highest BCUT2D eigenvalue weighted by Gasteiger charge is 2.48. The van der Waals surface area contributed by atoms with Gasteiger partial charge in [-0.3, -0.25) is 4.90 Å². The molecule has 5 rings (SSSR count). The Kier molecular flexibility index (Phi) is 8.79. The van der Waals surface area contributed by atoms with Crippen LogP contribution in [0.3, 0.4) is 0 Å². The number of carbonyl (C=O) groups is 1. The van der Waals surface area contributed by atoms with Crippen LogP contribution >= 0.6 is 0 Å². The van der Waals surface area contributed by atoms with Gasteiger partial charge in [-0.1, -0.05) is 31.9 Å². The van der Waals surface area contributed by atoms with Crippen LogP contribution in [0.4, 0.5) is 16.6 Å². The van der Waals surface area contributed by atoms with Gasteiger partial charge in [-0.15, -0.1) is 0 Å².